The maximum Gasteiger partial charge on any atom is 0.0894 e. The van der Waals surface area contributed by atoms with Crippen molar-refractivity contribution in [2.45, 2.75) is 45.8 Å². The maximum atomic E-state index is 5.93. The molecular weight excluding hydrogens is 260 g/mol. The highest BCUT2D eigenvalue weighted by Crippen LogP contribution is 2.29. The van der Waals surface area contributed by atoms with E-state index >= 15 is 0 Å². The van der Waals surface area contributed by atoms with E-state index in [1.807, 2.05) is 0 Å². The van der Waals surface area contributed by atoms with Crippen molar-refractivity contribution >= 4 is 0 Å². The Morgan fingerprint density at radius 1 is 1.29 bits per heavy atom. The summed E-state index contributed by atoms with van der Waals surface area (Å²) in [4.78, 5) is 2.53. The minimum atomic E-state index is 0.112. The average Bonchev–Trinajstić information content (AvgIpc) is 2.48. The van der Waals surface area contributed by atoms with Gasteiger partial charge in [0.25, 0.3) is 0 Å². The Morgan fingerprint density at radius 2 is 2.00 bits per heavy atom. The zero-order valence-electron chi connectivity index (χ0n) is 13.7. The van der Waals surface area contributed by atoms with Crippen LogP contribution in [0.25, 0.3) is 0 Å². The Balaban J connectivity index is 2.17. The number of benzene rings is 1. The normalized spacial score (nSPS) is 23.7. The van der Waals surface area contributed by atoms with Crippen LogP contribution in [0.4, 0.5) is 0 Å². The number of nitrogens with zero attached hydrogens (tertiary/aromatic N) is 1. The molecule has 3 heteroatoms. The summed E-state index contributed by atoms with van der Waals surface area (Å²) in [6.45, 7) is 10.2. The fourth-order valence-electron chi connectivity index (χ4n) is 3.27. The van der Waals surface area contributed by atoms with Gasteiger partial charge in [0.05, 0.1) is 18.8 Å². The van der Waals surface area contributed by atoms with E-state index in [-0.39, 0.29) is 6.10 Å². The molecular formula is C18H30N2O. The highest BCUT2D eigenvalue weighted by Gasteiger charge is 2.32. The van der Waals surface area contributed by atoms with Crippen LogP contribution >= 0.6 is 0 Å². The minimum absolute atomic E-state index is 0.112. The van der Waals surface area contributed by atoms with Gasteiger partial charge in [0, 0.05) is 13.1 Å². The lowest BCUT2D eigenvalue weighted by Crippen LogP contribution is -2.48. The van der Waals surface area contributed by atoms with Crippen LogP contribution in [0.2, 0.25) is 0 Å². The highest BCUT2D eigenvalue weighted by atomic mass is 16.5. The maximum absolute atomic E-state index is 5.93. The lowest BCUT2D eigenvalue weighted by atomic mass is 9.95. The summed E-state index contributed by atoms with van der Waals surface area (Å²) in [6, 6.07) is 9.37. The first-order valence-electron chi connectivity index (χ1n) is 8.30. The van der Waals surface area contributed by atoms with Crippen LogP contribution in [0.3, 0.4) is 0 Å². The van der Waals surface area contributed by atoms with E-state index in [0.29, 0.717) is 18.5 Å². The van der Waals surface area contributed by atoms with E-state index < -0.39 is 0 Å². The largest absolute Gasteiger partial charge is 0.374 e. The summed E-state index contributed by atoms with van der Waals surface area (Å²) < 4.78 is 5.90. The number of hydrogen-bond donors (Lipinski definition) is 1. The summed E-state index contributed by atoms with van der Waals surface area (Å²) in [5, 5.41) is 0. The summed E-state index contributed by atoms with van der Waals surface area (Å²) in [6.07, 6.45) is 2.42. The van der Waals surface area contributed by atoms with Crippen LogP contribution in [0.1, 0.15) is 44.4 Å². The summed E-state index contributed by atoms with van der Waals surface area (Å²) >= 11 is 0. The van der Waals surface area contributed by atoms with Gasteiger partial charge in [0.15, 0.2) is 0 Å². The lowest BCUT2D eigenvalue weighted by molar-refractivity contribution is -0.0676. The highest BCUT2D eigenvalue weighted by molar-refractivity contribution is 5.26. The van der Waals surface area contributed by atoms with Gasteiger partial charge in [-0.25, -0.2) is 0 Å². The lowest BCUT2D eigenvalue weighted by Gasteiger charge is -2.41. The second-order valence-electron chi connectivity index (χ2n) is 6.47. The van der Waals surface area contributed by atoms with Gasteiger partial charge in [-0.05, 0) is 36.4 Å². The first kappa shape index (κ1) is 16.5. The molecule has 1 aromatic carbocycles. The predicted octanol–water partition coefficient (Wildman–Crippen LogP) is 3.00. The number of ether oxygens (including phenoxy) is 1. The fourth-order valence-corrected chi connectivity index (χ4v) is 3.27. The van der Waals surface area contributed by atoms with Crippen molar-refractivity contribution in [1.82, 2.24) is 4.90 Å². The topological polar surface area (TPSA) is 38.5 Å². The third-order valence-electron chi connectivity index (χ3n) is 4.16. The van der Waals surface area contributed by atoms with Crippen molar-refractivity contribution in [1.29, 1.82) is 0 Å². The van der Waals surface area contributed by atoms with E-state index in [0.717, 1.165) is 26.1 Å². The summed E-state index contributed by atoms with van der Waals surface area (Å²) in [5.41, 5.74) is 8.69. The number of rotatable bonds is 6. The van der Waals surface area contributed by atoms with E-state index in [1.54, 1.807) is 0 Å². The van der Waals surface area contributed by atoms with E-state index in [2.05, 4.69) is 49.9 Å². The third-order valence-corrected chi connectivity index (χ3v) is 4.16. The molecule has 1 aliphatic rings. The first-order chi connectivity index (χ1) is 10.2. The molecule has 118 valence electrons. The molecule has 2 N–H and O–H groups in total. The van der Waals surface area contributed by atoms with Crippen LogP contribution in [0.5, 0.6) is 0 Å². The SMILES string of the molecule is CCCN1CCOC(CN)C1c1ccc(CC(C)C)cc1. The van der Waals surface area contributed by atoms with E-state index in [9.17, 15) is 0 Å². The number of nitrogens with two attached hydrogens (primary N) is 1. The molecule has 1 aliphatic heterocycles. The smallest absolute Gasteiger partial charge is 0.0894 e. The third kappa shape index (κ3) is 4.29. The molecule has 1 fully saturated rings. The molecule has 1 aromatic rings. The Kier molecular flexibility index (Phi) is 6.22. The zero-order valence-corrected chi connectivity index (χ0v) is 13.7. The molecule has 0 bridgehead atoms. The second-order valence-corrected chi connectivity index (χ2v) is 6.47. The zero-order chi connectivity index (χ0) is 15.2. The molecule has 0 saturated carbocycles. The first-order valence-corrected chi connectivity index (χ1v) is 8.30. The predicted molar refractivity (Wildman–Crippen MR) is 88.4 cm³/mol. The van der Waals surface area contributed by atoms with Gasteiger partial charge in [0.1, 0.15) is 0 Å². The van der Waals surface area contributed by atoms with Gasteiger partial charge in [-0.1, -0.05) is 45.0 Å². The van der Waals surface area contributed by atoms with Crippen LogP contribution < -0.4 is 5.73 Å². The standard InChI is InChI=1S/C18H30N2O/c1-4-9-20-10-11-21-17(13-19)18(20)16-7-5-15(6-8-16)12-14(2)3/h5-8,14,17-18H,4,9-13,19H2,1-3H3. The van der Waals surface area contributed by atoms with Crippen molar-refractivity contribution in [2.75, 3.05) is 26.2 Å². The summed E-state index contributed by atoms with van der Waals surface area (Å²) in [7, 11) is 0. The Hall–Kier alpha value is -0.900. The minimum Gasteiger partial charge on any atom is -0.374 e. The quantitative estimate of drug-likeness (QED) is 0.875. The van der Waals surface area contributed by atoms with Crippen molar-refractivity contribution < 1.29 is 4.74 Å². The van der Waals surface area contributed by atoms with Gasteiger partial charge in [-0.15, -0.1) is 0 Å². The molecule has 2 unspecified atom stereocenters. The molecule has 1 saturated heterocycles. The van der Waals surface area contributed by atoms with Crippen LogP contribution in [-0.2, 0) is 11.2 Å². The molecule has 2 atom stereocenters. The molecule has 0 amide bonds. The Morgan fingerprint density at radius 3 is 2.57 bits per heavy atom. The van der Waals surface area contributed by atoms with Crippen molar-refractivity contribution in [3.63, 3.8) is 0 Å². The molecule has 0 spiro atoms. The number of hydrogen-bond acceptors (Lipinski definition) is 3. The molecule has 1 heterocycles. The molecule has 0 radical (unpaired) electrons. The van der Waals surface area contributed by atoms with Gasteiger partial charge in [0.2, 0.25) is 0 Å². The van der Waals surface area contributed by atoms with Gasteiger partial charge in [-0.3, -0.25) is 4.90 Å². The molecule has 0 aliphatic carbocycles. The van der Waals surface area contributed by atoms with Crippen LogP contribution in [0, 0.1) is 5.92 Å². The second kappa shape index (κ2) is 7.92. The summed E-state index contributed by atoms with van der Waals surface area (Å²) in [5.74, 6) is 0.697. The van der Waals surface area contributed by atoms with Crippen molar-refractivity contribution in [3.8, 4) is 0 Å². The Labute approximate surface area is 129 Å². The Bertz CT molecular complexity index is 414. The molecule has 2 rings (SSSR count). The fraction of sp³-hybridized carbons (Fsp3) is 0.667. The van der Waals surface area contributed by atoms with E-state index in [4.69, 9.17) is 10.5 Å². The van der Waals surface area contributed by atoms with E-state index in [1.165, 1.54) is 17.5 Å². The van der Waals surface area contributed by atoms with Gasteiger partial charge < -0.3 is 10.5 Å². The molecule has 0 aromatic heterocycles. The average molecular weight is 290 g/mol. The van der Waals surface area contributed by atoms with Crippen molar-refractivity contribution in [3.05, 3.63) is 35.4 Å². The van der Waals surface area contributed by atoms with Crippen LogP contribution in [-0.4, -0.2) is 37.2 Å². The monoisotopic (exact) mass is 290 g/mol. The molecule has 21 heavy (non-hydrogen) atoms. The molecule has 3 nitrogen and oxygen atoms in total. The number of morpholine rings is 1. The van der Waals surface area contributed by atoms with Crippen LogP contribution in [0.15, 0.2) is 24.3 Å². The van der Waals surface area contributed by atoms with Gasteiger partial charge >= 0.3 is 0 Å². The van der Waals surface area contributed by atoms with Crippen molar-refractivity contribution in [2.24, 2.45) is 11.7 Å². The van der Waals surface area contributed by atoms with Gasteiger partial charge in [-0.2, -0.15) is 0 Å².